The van der Waals surface area contributed by atoms with Gasteiger partial charge in [0.15, 0.2) is 0 Å². The minimum Gasteiger partial charge on any atom is -0.340 e. The van der Waals surface area contributed by atoms with Gasteiger partial charge < -0.3 is 4.90 Å². The van der Waals surface area contributed by atoms with E-state index >= 15 is 0 Å². The highest BCUT2D eigenvalue weighted by molar-refractivity contribution is 5.78. The van der Waals surface area contributed by atoms with E-state index in [0.717, 1.165) is 0 Å². The van der Waals surface area contributed by atoms with Crippen LogP contribution in [0.15, 0.2) is 5.11 Å². The van der Waals surface area contributed by atoms with E-state index in [2.05, 4.69) is 10.0 Å². The van der Waals surface area contributed by atoms with Crippen molar-refractivity contribution >= 4 is 5.91 Å². The lowest BCUT2D eigenvalue weighted by atomic mass is 10.1. The SMILES string of the molecule is [N-]=[N+]=NCC(=O)N1CCC[C@H](F)C1. The molecule has 1 rings (SSSR count). The average molecular weight is 186 g/mol. The zero-order valence-corrected chi connectivity index (χ0v) is 7.19. The van der Waals surface area contributed by atoms with Crippen LogP contribution in [0.4, 0.5) is 4.39 Å². The first kappa shape index (κ1) is 9.80. The molecule has 0 unspecified atom stereocenters. The fourth-order valence-corrected chi connectivity index (χ4v) is 1.34. The van der Waals surface area contributed by atoms with Gasteiger partial charge in [-0.25, -0.2) is 4.39 Å². The van der Waals surface area contributed by atoms with Crippen LogP contribution in [0.25, 0.3) is 10.4 Å². The van der Waals surface area contributed by atoms with Crippen molar-refractivity contribution in [2.75, 3.05) is 19.6 Å². The molecule has 0 aliphatic carbocycles. The lowest BCUT2D eigenvalue weighted by Gasteiger charge is -2.28. The van der Waals surface area contributed by atoms with Crippen molar-refractivity contribution in [1.29, 1.82) is 0 Å². The lowest BCUT2D eigenvalue weighted by molar-refractivity contribution is -0.131. The van der Waals surface area contributed by atoms with Gasteiger partial charge in [-0.2, -0.15) is 0 Å². The van der Waals surface area contributed by atoms with Crippen LogP contribution in [0.5, 0.6) is 0 Å². The van der Waals surface area contributed by atoms with Gasteiger partial charge in [-0.05, 0) is 18.4 Å². The molecular formula is C7H11FN4O. The first-order chi connectivity index (χ1) is 6.24. The molecule has 1 fully saturated rings. The van der Waals surface area contributed by atoms with Crippen LogP contribution >= 0.6 is 0 Å². The minimum atomic E-state index is -0.927. The van der Waals surface area contributed by atoms with Crippen LogP contribution in [0.1, 0.15) is 12.8 Å². The summed E-state index contributed by atoms with van der Waals surface area (Å²) in [6.45, 7) is 0.503. The summed E-state index contributed by atoms with van der Waals surface area (Å²) in [5.41, 5.74) is 7.98. The first-order valence-electron chi connectivity index (χ1n) is 4.16. The Morgan fingerprint density at radius 3 is 3.15 bits per heavy atom. The van der Waals surface area contributed by atoms with Gasteiger partial charge in [0.05, 0.1) is 6.54 Å². The maximum absolute atomic E-state index is 12.8. The summed E-state index contributed by atoms with van der Waals surface area (Å²) in [6.07, 6.45) is 0.276. The predicted octanol–water partition coefficient (Wildman–Crippen LogP) is 1.26. The van der Waals surface area contributed by atoms with E-state index in [1.165, 1.54) is 4.90 Å². The number of nitrogens with zero attached hydrogens (tertiary/aromatic N) is 4. The van der Waals surface area contributed by atoms with Crippen LogP contribution in [0.2, 0.25) is 0 Å². The van der Waals surface area contributed by atoms with Crippen molar-refractivity contribution in [1.82, 2.24) is 4.90 Å². The molecule has 6 heteroatoms. The topological polar surface area (TPSA) is 69.1 Å². The summed E-state index contributed by atoms with van der Waals surface area (Å²) in [6, 6.07) is 0. The molecular weight excluding hydrogens is 175 g/mol. The Bertz CT molecular complexity index is 239. The highest BCUT2D eigenvalue weighted by Crippen LogP contribution is 2.12. The Morgan fingerprint density at radius 1 is 1.77 bits per heavy atom. The van der Waals surface area contributed by atoms with Gasteiger partial charge in [0.2, 0.25) is 5.91 Å². The maximum Gasteiger partial charge on any atom is 0.228 e. The van der Waals surface area contributed by atoms with Gasteiger partial charge in [0.1, 0.15) is 12.7 Å². The second-order valence-corrected chi connectivity index (χ2v) is 2.97. The monoisotopic (exact) mass is 186 g/mol. The van der Waals surface area contributed by atoms with Crippen molar-refractivity contribution in [3.05, 3.63) is 10.4 Å². The molecule has 0 aromatic heterocycles. The molecule has 0 saturated carbocycles. The zero-order valence-electron chi connectivity index (χ0n) is 7.19. The summed E-state index contributed by atoms with van der Waals surface area (Å²) >= 11 is 0. The van der Waals surface area contributed by atoms with Crippen molar-refractivity contribution in [2.45, 2.75) is 19.0 Å². The van der Waals surface area contributed by atoms with E-state index in [1.807, 2.05) is 0 Å². The van der Waals surface area contributed by atoms with Crippen LogP contribution in [0, 0.1) is 0 Å². The number of hydrogen-bond acceptors (Lipinski definition) is 2. The van der Waals surface area contributed by atoms with Crippen molar-refractivity contribution in [3.8, 4) is 0 Å². The minimum absolute atomic E-state index is 0.139. The number of hydrogen-bond donors (Lipinski definition) is 0. The van der Waals surface area contributed by atoms with Crippen molar-refractivity contribution in [3.63, 3.8) is 0 Å². The van der Waals surface area contributed by atoms with E-state index in [1.54, 1.807) is 0 Å². The molecule has 0 spiro atoms. The third-order valence-electron chi connectivity index (χ3n) is 1.99. The molecule has 13 heavy (non-hydrogen) atoms. The number of azide groups is 1. The summed E-state index contributed by atoms with van der Waals surface area (Å²) in [5.74, 6) is -0.292. The molecule has 5 nitrogen and oxygen atoms in total. The van der Waals surface area contributed by atoms with Crippen molar-refractivity contribution < 1.29 is 9.18 Å². The number of alkyl halides is 1. The quantitative estimate of drug-likeness (QED) is 0.363. The molecule has 0 bridgehead atoms. The van der Waals surface area contributed by atoms with E-state index in [0.29, 0.717) is 19.4 Å². The Kier molecular flexibility index (Phi) is 3.52. The Hall–Kier alpha value is -1.29. The molecule has 1 heterocycles. The van der Waals surface area contributed by atoms with Gasteiger partial charge in [-0.3, -0.25) is 4.79 Å². The molecule has 1 aliphatic heterocycles. The van der Waals surface area contributed by atoms with Gasteiger partial charge in [-0.1, -0.05) is 5.11 Å². The van der Waals surface area contributed by atoms with E-state index in [-0.39, 0.29) is 19.0 Å². The third-order valence-corrected chi connectivity index (χ3v) is 1.99. The fourth-order valence-electron chi connectivity index (χ4n) is 1.34. The molecule has 1 amide bonds. The number of rotatable bonds is 2. The zero-order chi connectivity index (χ0) is 9.68. The summed E-state index contributed by atoms with van der Waals surface area (Å²) < 4.78 is 12.8. The Morgan fingerprint density at radius 2 is 2.54 bits per heavy atom. The largest absolute Gasteiger partial charge is 0.340 e. The number of likely N-dealkylation sites (tertiary alicyclic amines) is 1. The van der Waals surface area contributed by atoms with Gasteiger partial charge in [0, 0.05) is 11.5 Å². The molecule has 0 N–H and O–H groups in total. The number of carbonyl (C=O) groups excluding carboxylic acids is 1. The summed E-state index contributed by atoms with van der Waals surface area (Å²) in [7, 11) is 0. The third kappa shape index (κ3) is 2.91. The second-order valence-electron chi connectivity index (χ2n) is 2.97. The normalized spacial score (nSPS) is 22.2. The summed E-state index contributed by atoms with van der Waals surface area (Å²) in [5, 5.41) is 3.14. The molecule has 1 aliphatic rings. The smallest absolute Gasteiger partial charge is 0.228 e. The van der Waals surface area contributed by atoms with E-state index in [9.17, 15) is 9.18 Å². The number of amides is 1. The highest BCUT2D eigenvalue weighted by atomic mass is 19.1. The molecule has 1 saturated heterocycles. The van der Waals surface area contributed by atoms with Gasteiger partial charge in [-0.15, -0.1) is 0 Å². The molecule has 0 radical (unpaired) electrons. The van der Waals surface area contributed by atoms with Crippen LogP contribution in [0.3, 0.4) is 0 Å². The fraction of sp³-hybridized carbons (Fsp3) is 0.857. The van der Waals surface area contributed by atoms with Crippen molar-refractivity contribution in [2.24, 2.45) is 5.11 Å². The molecule has 72 valence electrons. The first-order valence-corrected chi connectivity index (χ1v) is 4.16. The van der Waals surface area contributed by atoms with Crippen LogP contribution < -0.4 is 0 Å². The molecule has 0 aromatic carbocycles. The predicted molar refractivity (Wildman–Crippen MR) is 44.7 cm³/mol. The standard InChI is InChI=1S/C7H11FN4O/c8-6-2-1-3-12(5-6)7(13)4-10-11-9/h6H,1-5H2/t6-/m0/s1. The van der Waals surface area contributed by atoms with E-state index in [4.69, 9.17) is 5.53 Å². The maximum atomic E-state index is 12.8. The van der Waals surface area contributed by atoms with E-state index < -0.39 is 6.17 Å². The average Bonchev–Trinajstić information content (AvgIpc) is 2.14. The lowest BCUT2D eigenvalue weighted by Crippen LogP contribution is -2.41. The van der Waals surface area contributed by atoms with Gasteiger partial charge >= 0.3 is 0 Å². The molecule has 0 aromatic rings. The number of carbonyl (C=O) groups is 1. The number of piperidine rings is 1. The van der Waals surface area contributed by atoms with Crippen LogP contribution in [-0.4, -0.2) is 36.6 Å². The number of halogens is 1. The summed E-state index contributed by atoms with van der Waals surface area (Å²) in [4.78, 5) is 15.1. The highest BCUT2D eigenvalue weighted by Gasteiger charge is 2.22. The Balaban J connectivity index is 2.41. The molecule has 1 atom stereocenters. The van der Waals surface area contributed by atoms with Crippen LogP contribution in [-0.2, 0) is 4.79 Å². The second kappa shape index (κ2) is 4.67. The Labute approximate surface area is 75.1 Å². The van der Waals surface area contributed by atoms with Gasteiger partial charge in [0.25, 0.3) is 0 Å².